The molecule has 148 valence electrons. The number of aromatic nitrogens is 2. The van der Waals surface area contributed by atoms with Crippen molar-refractivity contribution >= 4 is 34.7 Å². The molecule has 5 N–H and O–H groups in total. The molecular weight excluding hydrogens is 375 g/mol. The van der Waals surface area contributed by atoms with Crippen LogP contribution in [-0.4, -0.2) is 22.0 Å². The molecule has 0 aliphatic carbocycles. The van der Waals surface area contributed by atoms with E-state index in [4.69, 9.17) is 10.5 Å². The third kappa shape index (κ3) is 4.09. The van der Waals surface area contributed by atoms with Crippen molar-refractivity contribution in [3.8, 4) is 5.75 Å². The van der Waals surface area contributed by atoms with E-state index in [9.17, 15) is 9.18 Å². The molecule has 0 saturated carbocycles. The molecule has 3 aromatic rings. The van der Waals surface area contributed by atoms with Gasteiger partial charge in [0.1, 0.15) is 5.75 Å². The van der Waals surface area contributed by atoms with Crippen LogP contribution in [0.15, 0.2) is 48.7 Å². The van der Waals surface area contributed by atoms with Crippen molar-refractivity contribution in [3.05, 3.63) is 60.0 Å². The monoisotopic (exact) mass is 394 g/mol. The van der Waals surface area contributed by atoms with Crippen molar-refractivity contribution in [2.45, 2.75) is 19.6 Å². The molecule has 1 aliphatic heterocycles. The second-order valence-electron chi connectivity index (χ2n) is 6.50. The fraction of sp³-hybridized carbons (Fsp3) is 0.150. The van der Waals surface area contributed by atoms with E-state index >= 15 is 0 Å². The summed E-state index contributed by atoms with van der Waals surface area (Å²) in [6.07, 6.45) is 0.518. The minimum atomic E-state index is -0.611. The fourth-order valence-electron chi connectivity index (χ4n) is 2.79. The maximum absolute atomic E-state index is 14.2. The number of amides is 1. The average Bonchev–Trinajstić information content (AvgIpc) is 2.72. The van der Waals surface area contributed by atoms with Gasteiger partial charge in [-0.05, 0) is 42.8 Å². The summed E-state index contributed by atoms with van der Waals surface area (Å²) >= 11 is 0. The Hall–Kier alpha value is -3.72. The van der Waals surface area contributed by atoms with E-state index < -0.39 is 11.9 Å². The van der Waals surface area contributed by atoms with Crippen molar-refractivity contribution in [2.75, 3.05) is 16.0 Å². The number of rotatable bonds is 5. The van der Waals surface area contributed by atoms with Gasteiger partial charge < -0.3 is 26.4 Å². The number of hydrogen-bond donors (Lipinski definition) is 4. The zero-order chi connectivity index (χ0) is 20.4. The normalized spacial score (nSPS) is 15.1. The lowest BCUT2D eigenvalue weighted by Crippen LogP contribution is -2.34. The standard InChI is InChI=1S/C20H19FN6O2/c1-11-19(28)26-16-8-14(6-7-17(16)29-11)24-18-15(21)10-23-20(27-18)25-13-4-2-12(9-22)3-5-13/h2-8,10-11H,9,22H2,1H3,(H,26,28)(H2,23,24,25,27)/t11-/m0/s1. The summed E-state index contributed by atoms with van der Waals surface area (Å²) in [6.45, 7) is 2.12. The SMILES string of the molecule is C[C@@H]1Oc2ccc(Nc3nc(Nc4ccc(CN)cc4)ncc3F)cc2NC1=O. The van der Waals surface area contributed by atoms with E-state index in [0.717, 1.165) is 17.4 Å². The van der Waals surface area contributed by atoms with Gasteiger partial charge in [0.2, 0.25) is 5.95 Å². The summed E-state index contributed by atoms with van der Waals surface area (Å²) in [5, 5.41) is 8.68. The quantitative estimate of drug-likeness (QED) is 0.525. The number of ether oxygens (including phenoxy) is 1. The molecule has 1 aliphatic rings. The topological polar surface area (TPSA) is 114 Å². The van der Waals surface area contributed by atoms with Crippen LogP contribution >= 0.6 is 0 Å². The number of fused-ring (bicyclic) bond motifs is 1. The zero-order valence-electron chi connectivity index (χ0n) is 15.6. The fourth-order valence-corrected chi connectivity index (χ4v) is 2.79. The van der Waals surface area contributed by atoms with Crippen LogP contribution in [0, 0.1) is 5.82 Å². The maximum Gasteiger partial charge on any atom is 0.265 e. The minimum absolute atomic E-state index is 0.00236. The lowest BCUT2D eigenvalue weighted by Gasteiger charge is -2.23. The molecule has 1 atom stereocenters. The summed E-state index contributed by atoms with van der Waals surface area (Å²) in [5.41, 5.74) is 8.39. The maximum atomic E-state index is 14.2. The minimum Gasteiger partial charge on any atom is -0.479 e. The Morgan fingerprint density at radius 2 is 1.93 bits per heavy atom. The smallest absolute Gasteiger partial charge is 0.265 e. The van der Waals surface area contributed by atoms with Crippen LogP contribution in [0.3, 0.4) is 0 Å². The van der Waals surface area contributed by atoms with Gasteiger partial charge in [0.25, 0.3) is 5.91 Å². The Bertz CT molecular complexity index is 1060. The summed E-state index contributed by atoms with van der Waals surface area (Å²) < 4.78 is 19.7. The van der Waals surface area contributed by atoms with Gasteiger partial charge in [-0.15, -0.1) is 0 Å². The van der Waals surface area contributed by atoms with Gasteiger partial charge >= 0.3 is 0 Å². The Kier molecular flexibility index (Phi) is 4.96. The van der Waals surface area contributed by atoms with Crippen molar-refractivity contribution in [3.63, 3.8) is 0 Å². The first-order chi connectivity index (χ1) is 14.0. The van der Waals surface area contributed by atoms with E-state index in [0.29, 0.717) is 23.7 Å². The van der Waals surface area contributed by atoms with E-state index in [1.807, 2.05) is 24.3 Å². The van der Waals surface area contributed by atoms with E-state index in [1.54, 1.807) is 25.1 Å². The number of halogens is 1. The molecule has 2 heterocycles. The van der Waals surface area contributed by atoms with Crippen molar-refractivity contribution in [1.29, 1.82) is 0 Å². The van der Waals surface area contributed by atoms with Gasteiger partial charge in [0.05, 0.1) is 11.9 Å². The van der Waals surface area contributed by atoms with Gasteiger partial charge in [-0.3, -0.25) is 4.79 Å². The Balaban J connectivity index is 1.53. The number of nitrogens with two attached hydrogens (primary N) is 1. The van der Waals surface area contributed by atoms with E-state index in [-0.39, 0.29) is 17.7 Å². The predicted molar refractivity (Wildman–Crippen MR) is 108 cm³/mol. The summed E-state index contributed by atoms with van der Waals surface area (Å²) in [7, 11) is 0. The van der Waals surface area contributed by atoms with Crippen LogP contribution in [-0.2, 0) is 11.3 Å². The third-order valence-electron chi connectivity index (χ3n) is 4.36. The van der Waals surface area contributed by atoms with E-state index in [1.165, 1.54) is 0 Å². The Morgan fingerprint density at radius 1 is 1.17 bits per heavy atom. The number of carbonyl (C=O) groups excluding carboxylic acids is 1. The first kappa shape index (κ1) is 18.6. The average molecular weight is 394 g/mol. The highest BCUT2D eigenvalue weighted by molar-refractivity contribution is 5.98. The van der Waals surface area contributed by atoms with Crippen molar-refractivity contribution in [1.82, 2.24) is 9.97 Å². The largest absolute Gasteiger partial charge is 0.479 e. The van der Waals surface area contributed by atoms with Crippen LogP contribution in [0.5, 0.6) is 5.75 Å². The first-order valence-corrected chi connectivity index (χ1v) is 8.99. The van der Waals surface area contributed by atoms with Crippen molar-refractivity contribution < 1.29 is 13.9 Å². The third-order valence-corrected chi connectivity index (χ3v) is 4.36. The van der Waals surface area contributed by atoms with Crippen LogP contribution in [0.4, 0.5) is 33.2 Å². The zero-order valence-corrected chi connectivity index (χ0v) is 15.6. The molecular formula is C20H19FN6O2. The van der Waals surface area contributed by atoms with Gasteiger partial charge in [-0.1, -0.05) is 12.1 Å². The van der Waals surface area contributed by atoms with Gasteiger partial charge in [-0.25, -0.2) is 9.37 Å². The molecule has 2 aromatic carbocycles. The number of nitrogens with one attached hydrogen (secondary N) is 3. The van der Waals surface area contributed by atoms with Gasteiger partial charge in [0.15, 0.2) is 17.7 Å². The number of anilines is 5. The molecule has 0 unspecified atom stereocenters. The summed E-state index contributed by atoms with van der Waals surface area (Å²) in [4.78, 5) is 19.9. The van der Waals surface area contributed by atoms with Crippen LogP contribution in [0.1, 0.15) is 12.5 Å². The first-order valence-electron chi connectivity index (χ1n) is 8.99. The molecule has 29 heavy (non-hydrogen) atoms. The molecule has 0 spiro atoms. The number of carbonyl (C=O) groups is 1. The van der Waals surface area contributed by atoms with Gasteiger partial charge in [0, 0.05) is 17.9 Å². The highest BCUT2D eigenvalue weighted by atomic mass is 19.1. The number of benzene rings is 2. The molecule has 1 amide bonds. The molecule has 0 saturated heterocycles. The molecule has 1 aromatic heterocycles. The van der Waals surface area contributed by atoms with Crippen LogP contribution in [0.25, 0.3) is 0 Å². The molecule has 0 radical (unpaired) electrons. The molecule has 0 bridgehead atoms. The van der Waals surface area contributed by atoms with E-state index in [2.05, 4.69) is 25.9 Å². The lowest BCUT2D eigenvalue weighted by molar-refractivity contribution is -0.122. The summed E-state index contributed by atoms with van der Waals surface area (Å²) in [6, 6.07) is 12.5. The molecule has 0 fully saturated rings. The summed E-state index contributed by atoms with van der Waals surface area (Å²) in [5.74, 6) is -0.0694. The highest BCUT2D eigenvalue weighted by Crippen LogP contribution is 2.33. The molecule has 4 rings (SSSR count). The van der Waals surface area contributed by atoms with Crippen molar-refractivity contribution in [2.24, 2.45) is 5.73 Å². The molecule has 8 nitrogen and oxygen atoms in total. The Morgan fingerprint density at radius 3 is 2.69 bits per heavy atom. The van der Waals surface area contributed by atoms with Gasteiger partial charge in [-0.2, -0.15) is 4.98 Å². The Labute approximate surface area is 166 Å². The second kappa shape index (κ2) is 7.72. The second-order valence-corrected chi connectivity index (χ2v) is 6.50. The van der Waals surface area contributed by atoms with Crippen LogP contribution in [0.2, 0.25) is 0 Å². The predicted octanol–water partition coefficient (Wildman–Crippen LogP) is 3.28. The lowest BCUT2D eigenvalue weighted by atomic mass is 10.2. The number of nitrogens with zero attached hydrogens (tertiary/aromatic N) is 2. The molecule has 9 heteroatoms. The van der Waals surface area contributed by atoms with Crippen LogP contribution < -0.4 is 26.4 Å². The number of hydrogen-bond acceptors (Lipinski definition) is 7. The highest BCUT2D eigenvalue weighted by Gasteiger charge is 2.23.